The van der Waals surface area contributed by atoms with E-state index in [4.69, 9.17) is 19.4 Å². The van der Waals surface area contributed by atoms with Gasteiger partial charge in [-0.25, -0.2) is 18.7 Å². The number of anilines is 2. The number of benzene rings is 1. The van der Waals surface area contributed by atoms with Crippen LogP contribution in [0.2, 0.25) is 0 Å². The molecule has 0 saturated carbocycles. The third kappa shape index (κ3) is 5.38. The van der Waals surface area contributed by atoms with Gasteiger partial charge in [-0.15, -0.1) is 0 Å². The SMILES string of the molecule is CC(C)Nc1nc2c(nc1N1CCC(Oc3ccc(F)cc3F)CC1)CCN(C(=O)C1CCCO1)C2. The second kappa shape index (κ2) is 10.5. The molecule has 2 saturated heterocycles. The van der Waals surface area contributed by atoms with Crippen LogP contribution >= 0.6 is 0 Å². The number of ether oxygens (including phenoxy) is 2. The van der Waals surface area contributed by atoms with Crippen LogP contribution in [0.4, 0.5) is 20.4 Å². The van der Waals surface area contributed by atoms with E-state index in [0.717, 1.165) is 36.1 Å². The zero-order valence-electron chi connectivity index (χ0n) is 20.8. The summed E-state index contributed by atoms with van der Waals surface area (Å²) in [5.41, 5.74) is 1.74. The fourth-order valence-electron chi connectivity index (χ4n) is 5.01. The lowest BCUT2D eigenvalue weighted by Crippen LogP contribution is -2.43. The number of amides is 1. The van der Waals surface area contributed by atoms with Crippen molar-refractivity contribution in [3.63, 3.8) is 0 Å². The highest BCUT2D eigenvalue weighted by Crippen LogP contribution is 2.31. The average Bonchev–Trinajstić information content (AvgIpc) is 3.40. The van der Waals surface area contributed by atoms with Crippen LogP contribution in [0.3, 0.4) is 0 Å². The molecule has 1 aromatic carbocycles. The summed E-state index contributed by atoms with van der Waals surface area (Å²) in [4.78, 5) is 26.8. The molecule has 1 N–H and O–H groups in total. The number of nitrogens with zero attached hydrogens (tertiary/aromatic N) is 4. The minimum absolute atomic E-state index is 0.0436. The van der Waals surface area contributed by atoms with Crippen LogP contribution in [0.1, 0.15) is 50.9 Å². The normalized spacial score (nSPS) is 20.5. The molecule has 1 amide bonds. The summed E-state index contributed by atoms with van der Waals surface area (Å²) in [6.07, 6.45) is 3.22. The molecule has 3 aliphatic heterocycles. The molecule has 0 radical (unpaired) electrons. The highest BCUT2D eigenvalue weighted by atomic mass is 19.1. The van der Waals surface area contributed by atoms with Gasteiger partial charge in [0.05, 0.1) is 17.9 Å². The maximum atomic E-state index is 14.0. The summed E-state index contributed by atoms with van der Waals surface area (Å²) in [6, 6.07) is 3.54. The minimum atomic E-state index is -0.687. The van der Waals surface area contributed by atoms with Gasteiger partial charge >= 0.3 is 0 Å². The van der Waals surface area contributed by atoms with Crippen molar-refractivity contribution in [2.45, 2.75) is 70.7 Å². The lowest BCUT2D eigenvalue weighted by molar-refractivity contribution is -0.142. The van der Waals surface area contributed by atoms with Gasteiger partial charge in [-0.3, -0.25) is 4.79 Å². The number of fused-ring (bicyclic) bond motifs is 1. The van der Waals surface area contributed by atoms with E-state index in [-0.39, 0.29) is 29.9 Å². The topological polar surface area (TPSA) is 79.8 Å². The second-order valence-electron chi connectivity index (χ2n) is 9.98. The number of rotatable bonds is 6. The fraction of sp³-hybridized carbons (Fsp3) is 0.577. The quantitative estimate of drug-likeness (QED) is 0.647. The summed E-state index contributed by atoms with van der Waals surface area (Å²) >= 11 is 0. The van der Waals surface area contributed by atoms with Crippen LogP contribution in [-0.2, 0) is 22.5 Å². The monoisotopic (exact) mass is 501 g/mol. The van der Waals surface area contributed by atoms with Crippen LogP contribution in [0.15, 0.2) is 18.2 Å². The Labute approximate surface area is 210 Å². The molecule has 0 bridgehead atoms. The molecule has 10 heteroatoms. The molecular weight excluding hydrogens is 468 g/mol. The minimum Gasteiger partial charge on any atom is -0.487 e. The van der Waals surface area contributed by atoms with Gasteiger partial charge in [0.2, 0.25) is 0 Å². The Morgan fingerprint density at radius 2 is 1.94 bits per heavy atom. The first-order valence-corrected chi connectivity index (χ1v) is 12.8. The highest BCUT2D eigenvalue weighted by Gasteiger charge is 2.33. The van der Waals surface area contributed by atoms with E-state index < -0.39 is 11.6 Å². The average molecular weight is 502 g/mol. The largest absolute Gasteiger partial charge is 0.487 e. The number of piperidine rings is 1. The molecule has 1 aromatic heterocycles. The molecule has 0 spiro atoms. The second-order valence-corrected chi connectivity index (χ2v) is 9.98. The van der Waals surface area contributed by atoms with Gasteiger partial charge in [-0.1, -0.05) is 0 Å². The first kappa shape index (κ1) is 24.7. The van der Waals surface area contributed by atoms with Gasteiger partial charge < -0.3 is 24.6 Å². The van der Waals surface area contributed by atoms with Crippen molar-refractivity contribution < 1.29 is 23.0 Å². The molecule has 1 unspecified atom stereocenters. The molecule has 36 heavy (non-hydrogen) atoms. The van der Waals surface area contributed by atoms with Crippen LogP contribution in [0.5, 0.6) is 5.75 Å². The number of hydrogen-bond acceptors (Lipinski definition) is 7. The molecule has 2 aromatic rings. The molecule has 2 fully saturated rings. The fourth-order valence-corrected chi connectivity index (χ4v) is 5.01. The number of carbonyl (C=O) groups excluding carboxylic acids is 1. The Kier molecular flexibility index (Phi) is 7.22. The van der Waals surface area contributed by atoms with E-state index in [2.05, 4.69) is 24.1 Å². The molecular formula is C26H33F2N5O3. The summed E-state index contributed by atoms with van der Waals surface area (Å²) in [7, 11) is 0. The van der Waals surface area contributed by atoms with Crippen LogP contribution in [0.25, 0.3) is 0 Å². The van der Waals surface area contributed by atoms with Crippen molar-refractivity contribution in [1.29, 1.82) is 0 Å². The first-order valence-electron chi connectivity index (χ1n) is 12.8. The highest BCUT2D eigenvalue weighted by molar-refractivity contribution is 5.81. The Bertz CT molecular complexity index is 1100. The Morgan fingerprint density at radius 3 is 2.64 bits per heavy atom. The summed E-state index contributed by atoms with van der Waals surface area (Å²) < 4.78 is 38.6. The van der Waals surface area contributed by atoms with Crippen molar-refractivity contribution in [2.24, 2.45) is 0 Å². The molecule has 4 heterocycles. The van der Waals surface area contributed by atoms with Gasteiger partial charge in [0, 0.05) is 57.6 Å². The van der Waals surface area contributed by atoms with Crippen molar-refractivity contribution in [3.05, 3.63) is 41.2 Å². The number of halogens is 2. The standard InChI is InChI=1S/C26H33F2N5O3/c1-16(2)29-24-25(32-10-7-18(8-11-32)36-22-6-5-17(27)14-19(22)28)31-20-9-12-33(15-21(20)30-24)26(34)23-4-3-13-35-23/h5-6,14,16,18,23H,3-4,7-13,15H2,1-2H3,(H,29,30). The van der Waals surface area contributed by atoms with Gasteiger partial charge in [0.15, 0.2) is 23.2 Å². The van der Waals surface area contributed by atoms with E-state index in [1.807, 2.05) is 4.90 Å². The predicted octanol–water partition coefficient (Wildman–Crippen LogP) is 3.69. The first-order chi connectivity index (χ1) is 17.4. The third-order valence-corrected chi connectivity index (χ3v) is 6.86. The van der Waals surface area contributed by atoms with E-state index >= 15 is 0 Å². The van der Waals surface area contributed by atoms with Crippen molar-refractivity contribution in [3.8, 4) is 5.75 Å². The lowest BCUT2D eigenvalue weighted by Gasteiger charge is -2.35. The van der Waals surface area contributed by atoms with E-state index in [0.29, 0.717) is 57.9 Å². The zero-order chi connectivity index (χ0) is 25.2. The zero-order valence-corrected chi connectivity index (χ0v) is 20.8. The van der Waals surface area contributed by atoms with Crippen LogP contribution in [-0.4, -0.2) is 65.3 Å². The maximum Gasteiger partial charge on any atom is 0.252 e. The van der Waals surface area contributed by atoms with Gasteiger partial charge in [-0.2, -0.15) is 0 Å². The number of carbonyl (C=O) groups is 1. The van der Waals surface area contributed by atoms with Crippen molar-refractivity contribution in [1.82, 2.24) is 14.9 Å². The lowest BCUT2D eigenvalue weighted by atomic mass is 10.1. The molecule has 1 atom stereocenters. The Balaban J connectivity index is 1.29. The van der Waals surface area contributed by atoms with Crippen LogP contribution < -0.4 is 15.0 Å². The van der Waals surface area contributed by atoms with Crippen LogP contribution in [0, 0.1) is 11.6 Å². The molecule has 194 valence electrons. The smallest absolute Gasteiger partial charge is 0.252 e. The summed E-state index contributed by atoms with van der Waals surface area (Å²) in [5.74, 6) is 0.320. The molecule has 0 aliphatic carbocycles. The number of hydrogen-bond donors (Lipinski definition) is 1. The predicted molar refractivity (Wildman–Crippen MR) is 131 cm³/mol. The van der Waals surface area contributed by atoms with Gasteiger partial charge in [0.25, 0.3) is 5.91 Å². The summed E-state index contributed by atoms with van der Waals surface area (Å²) in [5, 5.41) is 3.42. The Morgan fingerprint density at radius 1 is 1.14 bits per heavy atom. The van der Waals surface area contributed by atoms with Crippen molar-refractivity contribution >= 4 is 17.5 Å². The van der Waals surface area contributed by atoms with Gasteiger partial charge in [0.1, 0.15) is 18.0 Å². The Hall–Kier alpha value is -3.01. The third-order valence-electron chi connectivity index (χ3n) is 6.86. The maximum absolute atomic E-state index is 14.0. The molecule has 5 rings (SSSR count). The molecule has 8 nitrogen and oxygen atoms in total. The van der Waals surface area contributed by atoms with E-state index in [1.54, 1.807) is 0 Å². The molecule has 3 aliphatic rings. The summed E-state index contributed by atoms with van der Waals surface area (Å²) in [6.45, 7) is 7.15. The van der Waals surface area contributed by atoms with Crippen molar-refractivity contribution in [2.75, 3.05) is 36.5 Å². The number of aromatic nitrogens is 2. The van der Waals surface area contributed by atoms with E-state index in [9.17, 15) is 13.6 Å². The van der Waals surface area contributed by atoms with Gasteiger partial charge in [-0.05, 0) is 38.8 Å². The van der Waals surface area contributed by atoms with E-state index in [1.165, 1.54) is 12.1 Å². The number of nitrogens with one attached hydrogen (secondary N) is 1.